The predicted molar refractivity (Wildman–Crippen MR) is 57.2 cm³/mol. The van der Waals surface area contributed by atoms with Crippen molar-refractivity contribution in [3.8, 4) is 0 Å². The molecule has 1 unspecified atom stereocenters. The normalized spacial score (nSPS) is 40.5. The van der Waals surface area contributed by atoms with Gasteiger partial charge in [0.25, 0.3) is 5.09 Å². The SMILES string of the molecule is CC(CC[C@]1(O)CO[C@@H]2[C@@H](O)CO[C@@H]21)O[N+](=O)[O-]. The summed E-state index contributed by atoms with van der Waals surface area (Å²) >= 11 is 0. The van der Waals surface area contributed by atoms with Crippen molar-refractivity contribution in [3.05, 3.63) is 10.1 Å². The van der Waals surface area contributed by atoms with E-state index in [1.807, 2.05) is 0 Å². The Morgan fingerprint density at radius 3 is 3.00 bits per heavy atom. The van der Waals surface area contributed by atoms with Crippen LogP contribution in [0.5, 0.6) is 0 Å². The van der Waals surface area contributed by atoms with E-state index in [2.05, 4.69) is 4.84 Å². The van der Waals surface area contributed by atoms with E-state index in [9.17, 15) is 20.3 Å². The minimum atomic E-state index is -1.21. The largest absolute Gasteiger partial charge is 0.388 e. The van der Waals surface area contributed by atoms with Crippen LogP contribution in [0.2, 0.25) is 0 Å². The van der Waals surface area contributed by atoms with Gasteiger partial charge < -0.3 is 24.5 Å². The highest BCUT2D eigenvalue weighted by molar-refractivity contribution is 5.03. The first-order chi connectivity index (χ1) is 8.42. The molecule has 2 N–H and O–H groups in total. The first-order valence-electron chi connectivity index (χ1n) is 5.87. The molecular weight excluding hydrogens is 246 g/mol. The molecule has 0 aliphatic carbocycles. The Balaban J connectivity index is 1.87. The van der Waals surface area contributed by atoms with Gasteiger partial charge in [0.2, 0.25) is 0 Å². The quantitative estimate of drug-likeness (QED) is 0.496. The number of ether oxygens (including phenoxy) is 2. The molecule has 0 aromatic rings. The van der Waals surface area contributed by atoms with E-state index in [-0.39, 0.29) is 19.6 Å². The Hall–Kier alpha value is -0.960. The monoisotopic (exact) mass is 263 g/mol. The second-order valence-corrected chi connectivity index (χ2v) is 4.88. The lowest BCUT2D eigenvalue weighted by Crippen LogP contribution is -2.44. The van der Waals surface area contributed by atoms with Crippen LogP contribution in [0, 0.1) is 10.1 Å². The summed E-state index contributed by atoms with van der Waals surface area (Å²) in [6.07, 6.45) is -1.85. The van der Waals surface area contributed by atoms with Gasteiger partial charge in [0.1, 0.15) is 30.0 Å². The number of rotatable bonds is 5. The van der Waals surface area contributed by atoms with Gasteiger partial charge in [-0.05, 0) is 19.8 Å². The molecule has 0 spiro atoms. The first-order valence-corrected chi connectivity index (χ1v) is 5.87. The van der Waals surface area contributed by atoms with E-state index in [1.54, 1.807) is 6.92 Å². The second kappa shape index (κ2) is 4.96. The third kappa shape index (κ3) is 2.56. The zero-order chi connectivity index (χ0) is 13.3. The zero-order valence-electron chi connectivity index (χ0n) is 10.0. The lowest BCUT2D eigenvalue weighted by molar-refractivity contribution is -0.767. The van der Waals surface area contributed by atoms with Crippen molar-refractivity contribution in [2.24, 2.45) is 0 Å². The second-order valence-electron chi connectivity index (χ2n) is 4.88. The van der Waals surface area contributed by atoms with Crippen molar-refractivity contribution in [2.45, 2.75) is 49.8 Å². The summed E-state index contributed by atoms with van der Waals surface area (Å²) in [7, 11) is 0. The van der Waals surface area contributed by atoms with Crippen molar-refractivity contribution in [1.29, 1.82) is 0 Å². The first kappa shape index (κ1) is 13.5. The summed E-state index contributed by atoms with van der Waals surface area (Å²) in [6.45, 7) is 1.76. The van der Waals surface area contributed by atoms with Gasteiger partial charge in [0.05, 0.1) is 13.2 Å². The van der Waals surface area contributed by atoms with Crippen molar-refractivity contribution in [2.75, 3.05) is 13.2 Å². The topological polar surface area (TPSA) is 111 Å². The van der Waals surface area contributed by atoms with Crippen LogP contribution in [-0.4, -0.2) is 58.5 Å². The fraction of sp³-hybridized carbons (Fsp3) is 1.00. The number of hydrogen-bond acceptors (Lipinski definition) is 7. The molecule has 0 bridgehead atoms. The molecule has 2 heterocycles. The van der Waals surface area contributed by atoms with Crippen molar-refractivity contribution in [3.63, 3.8) is 0 Å². The predicted octanol–water partition coefficient (Wildman–Crippen LogP) is -0.747. The molecule has 2 rings (SSSR count). The number of fused-ring (bicyclic) bond motifs is 1. The van der Waals surface area contributed by atoms with Crippen LogP contribution in [0.1, 0.15) is 19.8 Å². The Morgan fingerprint density at radius 1 is 1.61 bits per heavy atom. The maximum Gasteiger partial charge on any atom is 0.294 e. The minimum Gasteiger partial charge on any atom is -0.388 e. The van der Waals surface area contributed by atoms with E-state index in [0.717, 1.165) is 0 Å². The van der Waals surface area contributed by atoms with Gasteiger partial charge in [-0.3, -0.25) is 0 Å². The Morgan fingerprint density at radius 2 is 2.33 bits per heavy atom. The smallest absolute Gasteiger partial charge is 0.294 e. The molecule has 0 amide bonds. The van der Waals surface area contributed by atoms with Gasteiger partial charge in [-0.2, -0.15) is 0 Å². The van der Waals surface area contributed by atoms with Crippen LogP contribution in [0.4, 0.5) is 0 Å². The van der Waals surface area contributed by atoms with Gasteiger partial charge in [-0.25, -0.2) is 0 Å². The van der Waals surface area contributed by atoms with Crippen molar-refractivity contribution in [1.82, 2.24) is 0 Å². The van der Waals surface area contributed by atoms with Gasteiger partial charge >= 0.3 is 0 Å². The molecule has 18 heavy (non-hydrogen) atoms. The van der Waals surface area contributed by atoms with Crippen LogP contribution >= 0.6 is 0 Å². The minimum absolute atomic E-state index is 0.0601. The van der Waals surface area contributed by atoms with E-state index >= 15 is 0 Å². The molecule has 8 nitrogen and oxygen atoms in total. The standard InChI is InChI=1S/C10H17NO7/c1-6(18-11(14)15)2-3-10(13)5-17-8-7(12)4-16-9(8)10/h6-9,12-13H,2-5H2,1H3/t6?,7-,8+,9-,10-/m0/s1. The van der Waals surface area contributed by atoms with Crippen LogP contribution in [0.15, 0.2) is 0 Å². The fourth-order valence-electron chi connectivity index (χ4n) is 2.44. The Bertz CT molecular complexity index is 325. The maximum atomic E-state index is 10.4. The molecular formula is C10H17NO7. The average Bonchev–Trinajstić information content (AvgIpc) is 2.79. The summed E-state index contributed by atoms with van der Waals surface area (Å²) < 4.78 is 10.6. The highest BCUT2D eigenvalue weighted by atomic mass is 17.0. The van der Waals surface area contributed by atoms with Gasteiger partial charge in [-0.1, -0.05) is 0 Å². The molecule has 0 aromatic carbocycles. The third-order valence-corrected chi connectivity index (χ3v) is 3.43. The van der Waals surface area contributed by atoms with Gasteiger partial charge in [-0.15, -0.1) is 10.1 Å². The van der Waals surface area contributed by atoms with Crippen molar-refractivity contribution >= 4 is 0 Å². The lowest BCUT2D eigenvalue weighted by Gasteiger charge is -2.27. The Kier molecular flexibility index (Phi) is 3.71. The summed E-state index contributed by atoms with van der Waals surface area (Å²) in [5, 5.41) is 29.2. The van der Waals surface area contributed by atoms with E-state index in [0.29, 0.717) is 6.42 Å². The van der Waals surface area contributed by atoms with Gasteiger partial charge in [0.15, 0.2) is 0 Å². The third-order valence-electron chi connectivity index (χ3n) is 3.43. The summed E-state index contributed by atoms with van der Waals surface area (Å²) in [6, 6.07) is 0. The highest BCUT2D eigenvalue weighted by Gasteiger charge is 2.55. The molecule has 0 radical (unpaired) electrons. The average molecular weight is 263 g/mol. The zero-order valence-corrected chi connectivity index (χ0v) is 10.0. The van der Waals surface area contributed by atoms with E-state index in [4.69, 9.17) is 9.47 Å². The highest BCUT2D eigenvalue weighted by Crippen LogP contribution is 2.37. The molecule has 0 saturated carbocycles. The molecule has 0 aromatic heterocycles. The van der Waals surface area contributed by atoms with Gasteiger partial charge in [0, 0.05) is 0 Å². The number of aliphatic hydroxyl groups is 2. The lowest BCUT2D eigenvalue weighted by atomic mass is 9.90. The number of nitrogens with zero attached hydrogens (tertiary/aromatic N) is 1. The molecule has 104 valence electrons. The maximum absolute atomic E-state index is 10.4. The number of aliphatic hydroxyl groups excluding tert-OH is 1. The molecule has 2 aliphatic rings. The molecule has 2 fully saturated rings. The molecule has 8 heteroatoms. The molecule has 2 aliphatic heterocycles. The van der Waals surface area contributed by atoms with Crippen LogP contribution in [0.3, 0.4) is 0 Å². The molecule has 5 atom stereocenters. The molecule has 2 saturated heterocycles. The van der Waals surface area contributed by atoms with E-state index in [1.165, 1.54) is 0 Å². The Labute approximate surface area is 104 Å². The summed E-state index contributed by atoms with van der Waals surface area (Å²) in [5.41, 5.74) is -1.21. The van der Waals surface area contributed by atoms with Crippen LogP contribution < -0.4 is 0 Å². The fourth-order valence-corrected chi connectivity index (χ4v) is 2.44. The van der Waals surface area contributed by atoms with Crippen molar-refractivity contribution < 1.29 is 29.6 Å². The number of hydrogen-bond donors (Lipinski definition) is 2. The van der Waals surface area contributed by atoms with E-state index < -0.39 is 35.1 Å². The van der Waals surface area contributed by atoms with Crippen LogP contribution in [-0.2, 0) is 14.3 Å². The summed E-state index contributed by atoms with van der Waals surface area (Å²) in [5.74, 6) is 0. The summed E-state index contributed by atoms with van der Waals surface area (Å²) in [4.78, 5) is 14.5. The van der Waals surface area contributed by atoms with Crippen LogP contribution in [0.25, 0.3) is 0 Å².